The normalized spacial score (nSPS) is 30.6. The lowest BCUT2D eigenvalue weighted by Gasteiger charge is -2.15. The summed E-state index contributed by atoms with van der Waals surface area (Å²) in [5, 5.41) is 8.78. The molecule has 0 unspecified atom stereocenters. The molecule has 0 spiro atoms. The zero-order valence-corrected chi connectivity index (χ0v) is 5.48. The summed E-state index contributed by atoms with van der Waals surface area (Å²) in [5.74, 6) is 1.65. The minimum Gasteiger partial charge on any atom is -0.198 e. The van der Waals surface area contributed by atoms with Crippen LogP contribution in [0.3, 0.4) is 0 Å². The lowest BCUT2D eigenvalue weighted by Crippen LogP contribution is -2.09. The average molecular weight is 120 g/mol. The van der Waals surface area contributed by atoms with Gasteiger partial charge in [0.15, 0.2) is 0 Å². The summed E-state index contributed by atoms with van der Waals surface area (Å²) in [7, 11) is 0. The Hall–Kier alpha value is -0.510. The van der Waals surface area contributed by atoms with Crippen LogP contribution in [0.5, 0.6) is 0 Å². The molecule has 0 amide bonds. The van der Waals surface area contributed by atoms with Gasteiger partial charge in [0.25, 0.3) is 0 Å². The maximum absolute atomic E-state index is 8.78. The van der Waals surface area contributed by atoms with Crippen molar-refractivity contribution in [1.29, 1.82) is 5.26 Å². The molecule has 9 heavy (non-hydrogen) atoms. The van der Waals surface area contributed by atoms with E-state index < -0.39 is 0 Å². The molecule has 0 aromatic rings. The second-order valence-electron chi connectivity index (χ2n) is 3.32. The number of nitrogens with zero attached hydrogens (tertiary/aromatic N) is 1. The Morgan fingerprint density at radius 3 is 2.22 bits per heavy atom. The highest BCUT2D eigenvalue weighted by Gasteiger charge is 2.45. The van der Waals surface area contributed by atoms with Gasteiger partial charge in [-0.25, -0.2) is 0 Å². The highest BCUT2D eigenvalue weighted by molar-refractivity contribution is 5.19. The van der Waals surface area contributed by atoms with Crippen LogP contribution in [-0.2, 0) is 0 Å². The van der Waals surface area contributed by atoms with E-state index in [4.69, 9.17) is 5.26 Å². The maximum atomic E-state index is 8.78. The number of fused-ring (bicyclic) bond motifs is 2. The second kappa shape index (κ2) is 1.50. The Morgan fingerprint density at radius 1 is 1.33 bits per heavy atom. The highest BCUT2D eigenvalue weighted by atomic mass is 14.5. The number of rotatable bonds is 0. The lowest BCUT2D eigenvalue weighted by atomic mass is 9.86. The Kier molecular flexibility index (Phi) is 0.883. The summed E-state index contributed by atoms with van der Waals surface area (Å²) >= 11 is 0. The van der Waals surface area contributed by atoms with Crippen molar-refractivity contribution in [3.05, 3.63) is 5.92 Å². The van der Waals surface area contributed by atoms with Crippen LogP contribution >= 0.6 is 0 Å². The maximum Gasteiger partial charge on any atom is 0.0689 e. The number of hydrogen-bond donors (Lipinski definition) is 0. The molecule has 47 valence electrons. The zero-order valence-electron chi connectivity index (χ0n) is 5.48. The van der Waals surface area contributed by atoms with Crippen LogP contribution in [0.25, 0.3) is 0 Å². The third-order valence-electron chi connectivity index (χ3n) is 2.74. The van der Waals surface area contributed by atoms with E-state index >= 15 is 0 Å². The van der Waals surface area contributed by atoms with Gasteiger partial charge < -0.3 is 0 Å². The van der Waals surface area contributed by atoms with Gasteiger partial charge >= 0.3 is 0 Å². The van der Waals surface area contributed by atoms with E-state index in [1.54, 1.807) is 5.92 Å². The fourth-order valence-electron chi connectivity index (χ4n) is 2.07. The van der Waals surface area contributed by atoms with Crippen molar-refractivity contribution >= 4 is 0 Å². The summed E-state index contributed by atoms with van der Waals surface area (Å²) in [6, 6.07) is 2.45. The molecule has 0 aromatic heterocycles. The molecular weight excluding hydrogens is 110 g/mol. The summed E-state index contributed by atoms with van der Waals surface area (Å²) in [4.78, 5) is 0. The van der Waals surface area contributed by atoms with Crippen molar-refractivity contribution in [2.24, 2.45) is 5.41 Å². The van der Waals surface area contributed by atoms with Crippen molar-refractivity contribution in [3.63, 3.8) is 0 Å². The van der Waals surface area contributed by atoms with Gasteiger partial charge in [-0.15, -0.1) is 0 Å². The van der Waals surface area contributed by atoms with Crippen LogP contribution in [0.15, 0.2) is 0 Å². The van der Waals surface area contributed by atoms with Crippen molar-refractivity contribution in [2.75, 3.05) is 0 Å². The number of nitriles is 1. The second-order valence-corrected chi connectivity index (χ2v) is 3.32. The molecule has 0 N–H and O–H groups in total. The van der Waals surface area contributed by atoms with Gasteiger partial charge in [-0.05, 0) is 38.0 Å². The van der Waals surface area contributed by atoms with Gasteiger partial charge in [-0.3, -0.25) is 0 Å². The predicted molar refractivity (Wildman–Crippen MR) is 34.4 cm³/mol. The van der Waals surface area contributed by atoms with Crippen LogP contribution < -0.4 is 0 Å². The van der Waals surface area contributed by atoms with Gasteiger partial charge in [0.1, 0.15) is 0 Å². The van der Waals surface area contributed by atoms with E-state index in [1.807, 2.05) is 0 Å². The largest absolute Gasteiger partial charge is 0.198 e. The van der Waals surface area contributed by atoms with Gasteiger partial charge in [-0.1, -0.05) is 0 Å². The molecule has 0 saturated heterocycles. The molecule has 0 atom stereocenters. The van der Waals surface area contributed by atoms with Gasteiger partial charge in [-0.2, -0.15) is 5.26 Å². The van der Waals surface area contributed by atoms with E-state index in [1.165, 1.54) is 12.8 Å². The van der Waals surface area contributed by atoms with Crippen molar-refractivity contribution in [2.45, 2.75) is 32.1 Å². The van der Waals surface area contributed by atoms with Gasteiger partial charge in [0.2, 0.25) is 0 Å². The summed E-state index contributed by atoms with van der Waals surface area (Å²) in [6.07, 6.45) is 5.92. The SMILES string of the molecule is N#CC12CC[C](CC1)C2. The lowest BCUT2D eigenvalue weighted by molar-refractivity contribution is 0.405. The Bertz CT molecular complexity index is 158. The molecule has 1 nitrogen and oxygen atoms in total. The smallest absolute Gasteiger partial charge is 0.0689 e. The third-order valence-corrected chi connectivity index (χ3v) is 2.74. The van der Waals surface area contributed by atoms with Crippen LogP contribution in [0.2, 0.25) is 0 Å². The third kappa shape index (κ3) is 0.594. The minimum absolute atomic E-state index is 0.120. The predicted octanol–water partition coefficient (Wildman–Crippen LogP) is 2.05. The van der Waals surface area contributed by atoms with E-state index in [-0.39, 0.29) is 5.41 Å². The quantitative estimate of drug-likeness (QED) is 0.480. The summed E-state index contributed by atoms with van der Waals surface area (Å²) < 4.78 is 0. The average Bonchev–Trinajstić information content (AvgIpc) is 2.46. The zero-order chi connectivity index (χ0) is 6.32. The Morgan fingerprint density at radius 2 is 2.00 bits per heavy atom. The first kappa shape index (κ1) is 5.29. The molecule has 2 fully saturated rings. The highest BCUT2D eigenvalue weighted by Crippen LogP contribution is 2.54. The van der Waals surface area contributed by atoms with Crippen molar-refractivity contribution in [1.82, 2.24) is 0 Å². The van der Waals surface area contributed by atoms with Crippen molar-refractivity contribution < 1.29 is 0 Å². The minimum atomic E-state index is 0.120. The van der Waals surface area contributed by atoms with E-state index in [0.29, 0.717) is 0 Å². The van der Waals surface area contributed by atoms with Gasteiger partial charge in [0.05, 0.1) is 11.5 Å². The summed E-state index contributed by atoms with van der Waals surface area (Å²) in [5.41, 5.74) is 0.120. The molecule has 0 heterocycles. The van der Waals surface area contributed by atoms with E-state index in [0.717, 1.165) is 19.3 Å². The standard InChI is InChI=1S/C8H10N/c9-6-8-3-1-7(5-8)2-4-8/h1-5H2. The van der Waals surface area contributed by atoms with Crippen LogP contribution in [0.1, 0.15) is 32.1 Å². The molecule has 2 saturated carbocycles. The molecule has 2 aliphatic rings. The molecule has 2 aliphatic carbocycles. The first-order valence-electron chi connectivity index (χ1n) is 3.59. The molecule has 1 radical (unpaired) electrons. The Balaban J connectivity index is 2.25. The molecule has 2 bridgehead atoms. The molecular formula is C8H10N. The number of hydrogen-bond acceptors (Lipinski definition) is 1. The molecule has 2 rings (SSSR count). The first-order valence-corrected chi connectivity index (χ1v) is 3.59. The van der Waals surface area contributed by atoms with E-state index in [2.05, 4.69) is 6.07 Å². The fraction of sp³-hybridized carbons (Fsp3) is 0.750. The molecule has 1 heteroatoms. The summed E-state index contributed by atoms with van der Waals surface area (Å²) in [6.45, 7) is 0. The fourth-order valence-corrected chi connectivity index (χ4v) is 2.07. The van der Waals surface area contributed by atoms with Gasteiger partial charge in [0, 0.05) is 0 Å². The molecule has 0 aromatic carbocycles. The van der Waals surface area contributed by atoms with Crippen LogP contribution in [-0.4, -0.2) is 0 Å². The van der Waals surface area contributed by atoms with E-state index in [9.17, 15) is 0 Å². The first-order chi connectivity index (χ1) is 4.35. The van der Waals surface area contributed by atoms with Crippen LogP contribution in [0, 0.1) is 22.7 Å². The van der Waals surface area contributed by atoms with Crippen LogP contribution in [0.4, 0.5) is 0 Å². The Labute approximate surface area is 55.7 Å². The van der Waals surface area contributed by atoms with Crippen molar-refractivity contribution in [3.8, 4) is 6.07 Å². The monoisotopic (exact) mass is 120 g/mol. The topological polar surface area (TPSA) is 23.8 Å². The molecule has 0 aliphatic heterocycles.